The van der Waals surface area contributed by atoms with E-state index >= 15 is 0 Å². The minimum absolute atomic E-state index is 0.0514. The fourth-order valence-corrected chi connectivity index (χ4v) is 18.5. The van der Waals surface area contributed by atoms with Gasteiger partial charge in [0.05, 0.1) is 42.1 Å². The lowest BCUT2D eigenvalue weighted by atomic mass is 9.61. The highest BCUT2D eigenvalue weighted by Crippen LogP contribution is 2.53. The van der Waals surface area contributed by atoms with Gasteiger partial charge >= 0.3 is 11.9 Å². The average Bonchev–Trinajstić information content (AvgIpc) is 3.44. The SMILES string of the molecule is CCCC[Si](C)(C)O[Si](C)(C)C(C)CCN1C(=O)C(CC(C)(C)C2C(=O)N(CCN(C)C)C(=O)C2CC(C)(C)C)C(C(C)(C)CC(C(=O)O)C(C)C(=O)OCC)C1=O. The number of esters is 1. The third kappa shape index (κ3) is 13.0. The van der Waals surface area contributed by atoms with Crippen molar-refractivity contribution in [2.24, 2.45) is 51.8 Å². The van der Waals surface area contributed by atoms with Crippen LogP contribution in [0.25, 0.3) is 0 Å². The zero-order chi connectivity index (χ0) is 44.9. The summed E-state index contributed by atoms with van der Waals surface area (Å²) in [6.45, 7) is 31.2. The first kappa shape index (κ1) is 51.7. The maximum absolute atomic E-state index is 14.9. The summed E-state index contributed by atoms with van der Waals surface area (Å²) >= 11 is 0. The molecule has 0 aromatic heterocycles. The summed E-state index contributed by atoms with van der Waals surface area (Å²) in [6, 6.07) is 1.08. The van der Waals surface area contributed by atoms with Crippen LogP contribution in [0.5, 0.6) is 0 Å². The van der Waals surface area contributed by atoms with E-state index < -0.39 is 74.9 Å². The maximum Gasteiger partial charge on any atom is 0.309 e. The van der Waals surface area contributed by atoms with E-state index in [4.69, 9.17) is 8.85 Å². The van der Waals surface area contributed by atoms with Gasteiger partial charge in [0.2, 0.25) is 23.6 Å². The quantitative estimate of drug-likeness (QED) is 0.0610. The Hall–Kier alpha value is -2.43. The average molecular weight is 852 g/mol. The molecule has 12 nitrogen and oxygen atoms in total. The number of unbranched alkanes of at least 4 members (excludes halogenated alkanes) is 1. The van der Waals surface area contributed by atoms with Crippen molar-refractivity contribution in [1.29, 1.82) is 0 Å². The summed E-state index contributed by atoms with van der Waals surface area (Å²) in [5.41, 5.74) is -2.07. The standard InChI is InChI=1S/C44H81N3O9Si2/c1-18-20-25-57(14,15)56-58(16,17)29(3)21-22-46-37(49)33(35(38(46)50)43(8,9)27-31(40(52)53)30(4)41(54)55-19-2)28-44(10,11)34-32(26-42(5,6)7)36(48)47(39(34)51)24-23-45(12)13/h29-35H,18-28H2,1-17H3,(H,52,53). The molecule has 334 valence electrons. The van der Waals surface area contributed by atoms with E-state index in [1.807, 2.05) is 67.5 Å². The molecule has 7 unspecified atom stereocenters. The lowest BCUT2D eigenvalue weighted by Gasteiger charge is -2.40. The van der Waals surface area contributed by atoms with E-state index in [0.717, 1.165) is 18.9 Å². The summed E-state index contributed by atoms with van der Waals surface area (Å²) in [4.78, 5) is 88.4. The summed E-state index contributed by atoms with van der Waals surface area (Å²) in [5.74, 6) is -8.23. The largest absolute Gasteiger partial charge is 0.481 e. The molecule has 1 N–H and O–H groups in total. The Kier molecular flexibility index (Phi) is 17.8. The number of hydrogen-bond donors (Lipinski definition) is 1. The third-order valence-electron chi connectivity index (χ3n) is 13.0. The number of imide groups is 2. The molecule has 4 amide bonds. The molecule has 0 radical (unpaired) electrons. The molecule has 7 atom stereocenters. The Bertz CT molecular complexity index is 1490. The van der Waals surface area contributed by atoms with Crippen LogP contribution in [0.15, 0.2) is 0 Å². The zero-order valence-electron chi connectivity index (χ0n) is 39.4. The van der Waals surface area contributed by atoms with E-state index in [1.54, 1.807) is 6.92 Å². The van der Waals surface area contributed by atoms with Gasteiger partial charge in [0.1, 0.15) is 0 Å². The molecular formula is C44H81N3O9Si2. The van der Waals surface area contributed by atoms with Crippen LogP contribution in [-0.4, -0.2) is 112 Å². The molecule has 0 saturated carbocycles. The third-order valence-corrected chi connectivity index (χ3v) is 21.6. The molecule has 2 aliphatic heterocycles. The van der Waals surface area contributed by atoms with Crippen LogP contribution < -0.4 is 0 Å². The van der Waals surface area contributed by atoms with Crippen LogP contribution in [0, 0.1) is 51.8 Å². The number of carbonyl (C=O) groups is 6. The Morgan fingerprint density at radius 3 is 1.76 bits per heavy atom. The second-order valence-electron chi connectivity index (χ2n) is 21.5. The molecule has 0 spiro atoms. The van der Waals surface area contributed by atoms with Gasteiger partial charge < -0.3 is 18.9 Å². The lowest BCUT2D eigenvalue weighted by molar-refractivity contribution is -0.158. The molecule has 0 aromatic rings. The van der Waals surface area contributed by atoms with Crippen molar-refractivity contribution in [2.45, 2.75) is 152 Å². The molecular weight excluding hydrogens is 771 g/mol. The smallest absolute Gasteiger partial charge is 0.309 e. The first-order valence-electron chi connectivity index (χ1n) is 21.8. The van der Waals surface area contributed by atoms with Crippen molar-refractivity contribution in [3.8, 4) is 0 Å². The van der Waals surface area contributed by atoms with Crippen molar-refractivity contribution in [1.82, 2.24) is 14.7 Å². The zero-order valence-corrected chi connectivity index (χ0v) is 41.4. The molecule has 2 rings (SSSR count). The van der Waals surface area contributed by atoms with Gasteiger partial charge in [-0.15, -0.1) is 0 Å². The van der Waals surface area contributed by atoms with Crippen LogP contribution in [0.4, 0.5) is 0 Å². The molecule has 2 fully saturated rings. The lowest BCUT2D eigenvalue weighted by Crippen LogP contribution is -2.47. The number of hydrogen-bond acceptors (Lipinski definition) is 9. The fraction of sp³-hybridized carbons (Fsp3) is 0.864. The Balaban J connectivity index is 2.64. The molecule has 0 aromatic carbocycles. The summed E-state index contributed by atoms with van der Waals surface area (Å²) in [5, 5.41) is 10.4. The minimum Gasteiger partial charge on any atom is -0.481 e. The minimum atomic E-state index is -2.24. The van der Waals surface area contributed by atoms with Crippen molar-refractivity contribution in [2.75, 3.05) is 40.3 Å². The monoisotopic (exact) mass is 852 g/mol. The summed E-state index contributed by atoms with van der Waals surface area (Å²) in [6.07, 6.45) is 3.38. The number of carboxylic acids is 1. The Morgan fingerprint density at radius 2 is 1.29 bits per heavy atom. The summed E-state index contributed by atoms with van der Waals surface area (Å²) in [7, 11) is -0.364. The van der Waals surface area contributed by atoms with E-state index in [0.29, 0.717) is 19.4 Å². The van der Waals surface area contributed by atoms with Crippen molar-refractivity contribution < 1.29 is 42.7 Å². The van der Waals surface area contributed by atoms with Gasteiger partial charge in [-0.3, -0.25) is 38.6 Å². The van der Waals surface area contributed by atoms with Crippen LogP contribution >= 0.6 is 0 Å². The molecule has 0 bridgehead atoms. The normalized spacial score (nSPS) is 22.9. The van der Waals surface area contributed by atoms with Gasteiger partial charge in [-0.05, 0) is 101 Å². The van der Waals surface area contributed by atoms with Crippen LogP contribution in [0.3, 0.4) is 0 Å². The number of nitrogens with zero attached hydrogens (tertiary/aromatic N) is 3. The topological polar surface area (TPSA) is 151 Å². The van der Waals surface area contributed by atoms with Crippen molar-refractivity contribution in [3.63, 3.8) is 0 Å². The highest BCUT2D eigenvalue weighted by Gasteiger charge is 2.60. The van der Waals surface area contributed by atoms with Crippen LogP contribution in [0.2, 0.25) is 37.8 Å². The molecule has 14 heteroatoms. The Morgan fingerprint density at radius 1 is 0.793 bits per heavy atom. The van der Waals surface area contributed by atoms with Gasteiger partial charge in [-0.1, -0.05) is 82.1 Å². The van der Waals surface area contributed by atoms with Gasteiger partial charge in [-0.2, -0.15) is 0 Å². The number of likely N-dealkylation sites (tertiary alicyclic amines) is 2. The van der Waals surface area contributed by atoms with Crippen molar-refractivity contribution >= 4 is 52.2 Å². The molecule has 58 heavy (non-hydrogen) atoms. The molecule has 0 aliphatic carbocycles. The van der Waals surface area contributed by atoms with Crippen LogP contribution in [0.1, 0.15) is 115 Å². The van der Waals surface area contributed by atoms with E-state index in [9.17, 15) is 33.9 Å². The number of likely N-dealkylation sites (N-methyl/N-ethyl adjacent to an activating group) is 1. The van der Waals surface area contributed by atoms with E-state index in [1.165, 1.54) is 16.7 Å². The maximum atomic E-state index is 14.9. The highest BCUT2D eigenvalue weighted by atomic mass is 28.4. The second kappa shape index (κ2) is 20.0. The number of ether oxygens (including phenoxy) is 1. The number of carbonyl (C=O) groups excluding carboxylic acids is 5. The predicted octanol–water partition coefficient (Wildman–Crippen LogP) is 7.93. The number of carboxylic acid groups (broad SMARTS) is 1. The summed E-state index contributed by atoms with van der Waals surface area (Å²) < 4.78 is 12.1. The number of amides is 4. The first-order valence-corrected chi connectivity index (χ1v) is 27.9. The number of rotatable bonds is 23. The van der Waals surface area contributed by atoms with E-state index in [-0.39, 0.29) is 67.1 Å². The van der Waals surface area contributed by atoms with Gasteiger partial charge in [0, 0.05) is 19.6 Å². The molecule has 2 aliphatic rings. The van der Waals surface area contributed by atoms with Crippen LogP contribution in [-0.2, 0) is 37.6 Å². The molecule has 2 heterocycles. The van der Waals surface area contributed by atoms with Gasteiger partial charge in [0.25, 0.3) is 0 Å². The molecule has 2 saturated heterocycles. The van der Waals surface area contributed by atoms with Crippen molar-refractivity contribution in [3.05, 3.63) is 0 Å². The fourth-order valence-electron chi connectivity index (χ4n) is 9.59. The first-order chi connectivity index (χ1) is 26.4. The Labute approximate surface area is 353 Å². The van der Waals surface area contributed by atoms with Gasteiger partial charge in [-0.25, -0.2) is 0 Å². The van der Waals surface area contributed by atoms with E-state index in [2.05, 4.69) is 40.0 Å². The number of aliphatic carboxylic acids is 1. The predicted molar refractivity (Wildman–Crippen MR) is 234 cm³/mol. The highest BCUT2D eigenvalue weighted by molar-refractivity contribution is 6.85. The second-order valence-corrected chi connectivity index (χ2v) is 30.6. The van der Waals surface area contributed by atoms with Gasteiger partial charge in [0.15, 0.2) is 16.6 Å².